The Morgan fingerprint density at radius 2 is 1.89 bits per heavy atom. The second kappa shape index (κ2) is 5.72. The number of benzene rings is 2. The van der Waals surface area contributed by atoms with Crippen LogP contribution < -0.4 is 5.32 Å². The van der Waals surface area contributed by atoms with E-state index in [4.69, 9.17) is 11.6 Å². The summed E-state index contributed by atoms with van der Waals surface area (Å²) >= 11 is 6.16. The van der Waals surface area contributed by atoms with Gasteiger partial charge >= 0.3 is 0 Å². The SMILES string of the molecule is CNC(c1cc(C)cc(F)c1)c1cccc(Cl)c1C. The summed E-state index contributed by atoms with van der Waals surface area (Å²) in [6, 6.07) is 10.8. The van der Waals surface area contributed by atoms with Gasteiger partial charge in [0.25, 0.3) is 0 Å². The summed E-state index contributed by atoms with van der Waals surface area (Å²) in [4.78, 5) is 0. The van der Waals surface area contributed by atoms with Crippen LogP contribution in [0.1, 0.15) is 28.3 Å². The van der Waals surface area contributed by atoms with Gasteiger partial charge in [-0.2, -0.15) is 0 Å². The minimum atomic E-state index is -0.213. The molecule has 2 aromatic carbocycles. The first-order chi connectivity index (χ1) is 9.02. The Labute approximate surface area is 118 Å². The van der Waals surface area contributed by atoms with Crippen molar-refractivity contribution in [3.8, 4) is 0 Å². The first kappa shape index (κ1) is 14.0. The highest BCUT2D eigenvalue weighted by atomic mass is 35.5. The Hall–Kier alpha value is -1.38. The van der Waals surface area contributed by atoms with Crippen molar-refractivity contribution in [1.29, 1.82) is 0 Å². The van der Waals surface area contributed by atoms with Gasteiger partial charge in [-0.15, -0.1) is 0 Å². The molecule has 0 aliphatic rings. The fourth-order valence-corrected chi connectivity index (χ4v) is 2.55. The van der Waals surface area contributed by atoms with Gasteiger partial charge in [0.1, 0.15) is 5.82 Å². The van der Waals surface area contributed by atoms with Gasteiger partial charge in [-0.1, -0.05) is 29.8 Å². The predicted molar refractivity (Wildman–Crippen MR) is 78.2 cm³/mol. The summed E-state index contributed by atoms with van der Waals surface area (Å²) in [6.45, 7) is 3.87. The van der Waals surface area contributed by atoms with E-state index in [0.29, 0.717) is 0 Å². The van der Waals surface area contributed by atoms with Gasteiger partial charge in [0.2, 0.25) is 0 Å². The molecule has 0 amide bonds. The van der Waals surface area contributed by atoms with Gasteiger partial charge in [0, 0.05) is 5.02 Å². The lowest BCUT2D eigenvalue weighted by atomic mass is 9.94. The highest BCUT2D eigenvalue weighted by Gasteiger charge is 2.16. The van der Waals surface area contributed by atoms with Crippen molar-refractivity contribution < 1.29 is 4.39 Å². The van der Waals surface area contributed by atoms with E-state index in [-0.39, 0.29) is 11.9 Å². The van der Waals surface area contributed by atoms with Crippen LogP contribution in [0.3, 0.4) is 0 Å². The topological polar surface area (TPSA) is 12.0 Å². The first-order valence-corrected chi connectivity index (χ1v) is 6.60. The molecule has 100 valence electrons. The zero-order valence-electron chi connectivity index (χ0n) is 11.3. The zero-order chi connectivity index (χ0) is 14.0. The quantitative estimate of drug-likeness (QED) is 0.876. The third-order valence-electron chi connectivity index (χ3n) is 3.31. The fourth-order valence-electron chi connectivity index (χ4n) is 2.37. The minimum absolute atomic E-state index is 0.0619. The molecule has 0 spiro atoms. The van der Waals surface area contributed by atoms with Crippen molar-refractivity contribution in [1.82, 2.24) is 5.32 Å². The standard InChI is InChI=1S/C16H17ClFN/c1-10-7-12(9-13(18)8-10)16(19-3)14-5-4-6-15(17)11(14)2/h4-9,16,19H,1-3H3. The van der Waals surface area contributed by atoms with Gasteiger partial charge < -0.3 is 5.32 Å². The van der Waals surface area contributed by atoms with Crippen LogP contribution in [0.2, 0.25) is 5.02 Å². The molecule has 0 aliphatic heterocycles. The van der Waals surface area contributed by atoms with Crippen molar-refractivity contribution in [2.75, 3.05) is 7.05 Å². The molecule has 0 radical (unpaired) electrons. The number of rotatable bonds is 3. The fraction of sp³-hybridized carbons (Fsp3) is 0.250. The summed E-state index contributed by atoms with van der Waals surface area (Å²) in [5.41, 5.74) is 3.91. The van der Waals surface area contributed by atoms with Crippen LogP contribution >= 0.6 is 11.6 Å². The van der Waals surface area contributed by atoms with Crippen molar-refractivity contribution in [2.24, 2.45) is 0 Å². The molecule has 19 heavy (non-hydrogen) atoms. The number of nitrogens with one attached hydrogen (secondary N) is 1. The maximum absolute atomic E-state index is 13.6. The summed E-state index contributed by atoms with van der Waals surface area (Å²) in [5.74, 6) is -0.213. The van der Waals surface area contributed by atoms with Crippen LogP contribution in [0.5, 0.6) is 0 Å². The van der Waals surface area contributed by atoms with Crippen LogP contribution in [-0.4, -0.2) is 7.05 Å². The maximum atomic E-state index is 13.6. The van der Waals surface area contributed by atoms with E-state index in [2.05, 4.69) is 5.32 Å². The number of halogens is 2. The average molecular weight is 278 g/mol. The van der Waals surface area contributed by atoms with E-state index >= 15 is 0 Å². The lowest BCUT2D eigenvalue weighted by Crippen LogP contribution is -2.19. The molecule has 2 rings (SSSR count). The van der Waals surface area contributed by atoms with Crippen molar-refractivity contribution >= 4 is 11.6 Å². The zero-order valence-corrected chi connectivity index (χ0v) is 12.1. The summed E-state index contributed by atoms with van der Waals surface area (Å²) in [5, 5.41) is 3.96. The molecule has 1 unspecified atom stereocenters. The normalized spacial score (nSPS) is 12.5. The van der Waals surface area contributed by atoms with E-state index in [0.717, 1.165) is 27.3 Å². The molecule has 0 saturated carbocycles. The van der Waals surface area contributed by atoms with Crippen molar-refractivity contribution in [2.45, 2.75) is 19.9 Å². The third kappa shape index (κ3) is 2.96. The molecular weight excluding hydrogens is 261 g/mol. The molecule has 0 aromatic heterocycles. The van der Waals surface area contributed by atoms with Crippen LogP contribution in [0, 0.1) is 19.7 Å². The second-order valence-corrected chi connectivity index (χ2v) is 5.14. The van der Waals surface area contributed by atoms with Crippen LogP contribution in [-0.2, 0) is 0 Å². The summed E-state index contributed by atoms with van der Waals surface area (Å²) in [7, 11) is 1.87. The Morgan fingerprint density at radius 1 is 1.16 bits per heavy atom. The molecule has 2 aromatic rings. The Balaban J connectivity index is 2.53. The van der Waals surface area contributed by atoms with E-state index < -0.39 is 0 Å². The maximum Gasteiger partial charge on any atom is 0.123 e. The van der Waals surface area contributed by atoms with Crippen LogP contribution in [0.25, 0.3) is 0 Å². The van der Waals surface area contributed by atoms with Crippen LogP contribution in [0.15, 0.2) is 36.4 Å². The minimum Gasteiger partial charge on any atom is -0.309 e. The van der Waals surface area contributed by atoms with Gasteiger partial charge in [-0.05, 0) is 61.3 Å². The molecular formula is C16H17ClFN. The first-order valence-electron chi connectivity index (χ1n) is 6.22. The predicted octanol–water partition coefficient (Wildman–Crippen LogP) is 4.40. The Bertz CT molecular complexity index is 575. The molecule has 3 heteroatoms. The second-order valence-electron chi connectivity index (χ2n) is 4.74. The monoisotopic (exact) mass is 277 g/mol. The van der Waals surface area contributed by atoms with Gasteiger partial charge in [0.15, 0.2) is 0 Å². The Morgan fingerprint density at radius 3 is 2.53 bits per heavy atom. The van der Waals surface area contributed by atoms with E-state index in [9.17, 15) is 4.39 Å². The molecule has 1 nitrogen and oxygen atoms in total. The highest BCUT2D eigenvalue weighted by molar-refractivity contribution is 6.31. The average Bonchev–Trinajstić information content (AvgIpc) is 2.34. The molecule has 0 saturated heterocycles. The molecule has 1 N–H and O–H groups in total. The molecule has 0 fully saturated rings. The van der Waals surface area contributed by atoms with Gasteiger partial charge in [0.05, 0.1) is 6.04 Å². The summed E-state index contributed by atoms with van der Waals surface area (Å²) < 4.78 is 13.6. The molecule has 0 heterocycles. The van der Waals surface area contributed by atoms with Crippen molar-refractivity contribution in [3.05, 3.63) is 69.5 Å². The largest absolute Gasteiger partial charge is 0.309 e. The number of hydrogen-bond acceptors (Lipinski definition) is 1. The molecule has 1 atom stereocenters. The van der Waals surface area contributed by atoms with Gasteiger partial charge in [-0.25, -0.2) is 4.39 Å². The van der Waals surface area contributed by atoms with E-state index in [1.807, 2.05) is 45.2 Å². The number of hydrogen-bond donors (Lipinski definition) is 1. The van der Waals surface area contributed by atoms with E-state index in [1.54, 1.807) is 6.07 Å². The van der Waals surface area contributed by atoms with Crippen molar-refractivity contribution in [3.63, 3.8) is 0 Å². The van der Waals surface area contributed by atoms with Gasteiger partial charge in [-0.3, -0.25) is 0 Å². The number of aryl methyl sites for hydroxylation is 1. The Kier molecular flexibility index (Phi) is 4.23. The summed E-state index contributed by atoms with van der Waals surface area (Å²) in [6.07, 6.45) is 0. The van der Waals surface area contributed by atoms with Crippen LogP contribution in [0.4, 0.5) is 4.39 Å². The smallest absolute Gasteiger partial charge is 0.123 e. The highest BCUT2D eigenvalue weighted by Crippen LogP contribution is 2.29. The molecule has 0 bridgehead atoms. The third-order valence-corrected chi connectivity index (χ3v) is 3.72. The molecule has 0 aliphatic carbocycles. The van der Waals surface area contributed by atoms with E-state index in [1.165, 1.54) is 6.07 Å². The lowest BCUT2D eigenvalue weighted by Gasteiger charge is -2.20. The lowest BCUT2D eigenvalue weighted by molar-refractivity contribution is 0.615.